The molecule has 1 rings (SSSR count). The maximum atomic E-state index is 11.1. The number of carbonyl (C=O) groups excluding carboxylic acids is 1. The van der Waals surface area contributed by atoms with Crippen molar-refractivity contribution in [2.45, 2.75) is 32.6 Å². The summed E-state index contributed by atoms with van der Waals surface area (Å²) < 4.78 is 0. The largest absolute Gasteiger partial charge is 0.299 e. The predicted molar refractivity (Wildman–Crippen MR) is 41.8 cm³/mol. The molecule has 0 saturated heterocycles. The molecule has 0 amide bonds. The third-order valence-corrected chi connectivity index (χ3v) is 2.03. The Balaban J connectivity index is 2.48. The summed E-state index contributed by atoms with van der Waals surface area (Å²) in [6.07, 6.45) is 8.21. The average molecular weight is 138 g/mol. The number of rotatable bonds is 1. The predicted octanol–water partition coefficient (Wildman–Crippen LogP) is 2.32. The summed E-state index contributed by atoms with van der Waals surface area (Å²) >= 11 is 0. The maximum Gasteiger partial charge on any atom is 0.139 e. The first kappa shape index (κ1) is 7.52. The number of hydrogen-bond acceptors (Lipinski definition) is 1. The fraction of sp³-hybridized carbons (Fsp3) is 0.667. The zero-order valence-electron chi connectivity index (χ0n) is 6.47. The van der Waals surface area contributed by atoms with Crippen molar-refractivity contribution in [3.05, 3.63) is 12.2 Å². The summed E-state index contributed by atoms with van der Waals surface area (Å²) in [4.78, 5) is 11.1. The van der Waals surface area contributed by atoms with Gasteiger partial charge in [0.15, 0.2) is 0 Å². The van der Waals surface area contributed by atoms with Gasteiger partial charge >= 0.3 is 0 Å². The summed E-state index contributed by atoms with van der Waals surface area (Å²) in [7, 11) is 0. The minimum atomic E-state index is 0.249. The fourth-order valence-corrected chi connectivity index (χ4v) is 1.45. The standard InChI is InChI=1S/C9H14O/c1-2-5-8-6-3-4-7-9(8)10/h2,5,8H,3-4,6-7H2,1H3/b5-2-/t8-/m1/s1. The highest BCUT2D eigenvalue weighted by Gasteiger charge is 2.18. The van der Waals surface area contributed by atoms with Crippen LogP contribution in [0.15, 0.2) is 12.2 Å². The van der Waals surface area contributed by atoms with Gasteiger partial charge in [-0.2, -0.15) is 0 Å². The summed E-state index contributed by atoms with van der Waals surface area (Å²) in [5.41, 5.74) is 0. The monoisotopic (exact) mass is 138 g/mol. The topological polar surface area (TPSA) is 17.1 Å². The van der Waals surface area contributed by atoms with E-state index in [1.54, 1.807) is 0 Å². The van der Waals surface area contributed by atoms with Crippen molar-refractivity contribution in [1.82, 2.24) is 0 Å². The second-order valence-electron chi connectivity index (χ2n) is 2.84. The Hall–Kier alpha value is -0.590. The van der Waals surface area contributed by atoms with Crippen molar-refractivity contribution in [2.24, 2.45) is 5.92 Å². The van der Waals surface area contributed by atoms with Crippen molar-refractivity contribution in [3.8, 4) is 0 Å². The number of allylic oxidation sites excluding steroid dienone is 2. The molecule has 0 aliphatic heterocycles. The van der Waals surface area contributed by atoms with Gasteiger partial charge in [-0.25, -0.2) is 0 Å². The van der Waals surface area contributed by atoms with Crippen LogP contribution in [-0.4, -0.2) is 5.78 Å². The molecule has 0 aromatic carbocycles. The van der Waals surface area contributed by atoms with Crippen LogP contribution in [-0.2, 0) is 4.79 Å². The van der Waals surface area contributed by atoms with E-state index in [1.165, 1.54) is 6.42 Å². The van der Waals surface area contributed by atoms with E-state index in [1.807, 2.05) is 19.1 Å². The van der Waals surface area contributed by atoms with Gasteiger partial charge in [0.2, 0.25) is 0 Å². The summed E-state index contributed by atoms with van der Waals surface area (Å²) in [5.74, 6) is 0.683. The zero-order chi connectivity index (χ0) is 7.40. The van der Waals surface area contributed by atoms with Crippen LogP contribution < -0.4 is 0 Å². The third-order valence-electron chi connectivity index (χ3n) is 2.03. The Morgan fingerprint density at radius 1 is 1.50 bits per heavy atom. The van der Waals surface area contributed by atoms with E-state index in [2.05, 4.69) is 0 Å². The van der Waals surface area contributed by atoms with Gasteiger partial charge in [0.05, 0.1) is 0 Å². The Labute approximate surface area is 62.1 Å². The zero-order valence-corrected chi connectivity index (χ0v) is 6.47. The third kappa shape index (κ3) is 1.69. The minimum Gasteiger partial charge on any atom is -0.299 e. The molecule has 10 heavy (non-hydrogen) atoms. The first-order valence-corrected chi connectivity index (χ1v) is 4.00. The molecule has 0 aromatic rings. The molecule has 0 spiro atoms. The molecule has 1 aliphatic carbocycles. The van der Waals surface area contributed by atoms with Crippen LogP contribution in [0.25, 0.3) is 0 Å². The van der Waals surface area contributed by atoms with Crippen molar-refractivity contribution >= 4 is 5.78 Å². The minimum absolute atomic E-state index is 0.249. The molecule has 1 nitrogen and oxygen atoms in total. The van der Waals surface area contributed by atoms with Gasteiger partial charge in [0.25, 0.3) is 0 Å². The smallest absolute Gasteiger partial charge is 0.139 e. The molecular formula is C9H14O. The van der Waals surface area contributed by atoms with Crippen LogP contribution in [0.2, 0.25) is 0 Å². The Morgan fingerprint density at radius 3 is 2.90 bits per heavy atom. The second-order valence-corrected chi connectivity index (χ2v) is 2.84. The van der Waals surface area contributed by atoms with Gasteiger partial charge in [0, 0.05) is 12.3 Å². The van der Waals surface area contributed by atoms with Gasteiger partial charge in [-0.15, -0.1) is 0 Å². The molecule has 1 heteroatoms. The van der Waals surface area contributed by atoms with Gasteiger partial charge in [-0.1, -0.05) is 18.6 Å². The number of Topliss-reactive ketones (excluding diaryl/α,β-unsaturated/α-hetero) is 1. The number of hydrogen-bond donors (Lipinski definition) is 0. The lowest BCUT2D eigenvalue weighted by molar-refractivity contribution is -0.122. The van der Waals surface area contributed by atoms with Crippen LogP contribution in [0.3, 0.4) is 0 Å². The summed E-state index contributed by atoms with van der Waals surface area (Å²) in [5, 5.41) is 0. The van der Waals surface area contributed by atoms with Gasteiger partial charge in [-0.05, 0) is 19.8 Å². The van der Waals surface area contributed by atoms with Crippen LogP contribution in [0.4, 0.5) is 0 Å². The molecule has 1 fully saturated rings. The van der Waals surface area contributed by atoms with E-state index in [0.29, 0.717) is 5.78 Å². The molecule has 0 N–H and O–H groups in total. The highest BCUT2D eigenvalue weighted by Crippen LogP contribution is 2.21. The van der Waals surface area contributed by atoms with Gasteiger partial charge in [0.1, 0.15) is 5.78 Å². The molecule has 0 heterocycles. The number of carbonyl (C=O) groups is 1. The maximum absolute atomic E-state index is 11.1. The van der Waals surface area contributed by atoms with Crippen LogP contribution in [0.5, 0.6) is 0 Å². The van der Waals surface area contributed by atoms with Crippen molar-refractivity contribution < 1.29 is 4.79 Å². The van der Waals surface area contributed by atoms with Crippen molar-refractivity contribution in [1.29, 1.82) is 0 Å². The second kappa shape index (κ2) is 3.55. The average Bonchev–Trinajstić information content (AvgIpc) is 1.94. The van der Waals surface area contributed by atoms with E-state index in [0.717, 1.165) is 19.3 Å². The molecule has 0 aromatic heterocycles. The van der Waals surface area contributed by atoms with E-state index in [-0.39, 0.29) is 5.92 Å². The molecule has 1 atom stereocenters. The van der Waals surface area contributed by atoms with Crippen molar-refractivity contribution in [3.63, 3.8) is 0 Å². The Kier molecular flexibility index (Phi) is 2.67. The molecule has 0 bridgehead atoms. The van der Waals surface area contributed by atoms with E-state index >= 15 is 0 Å². The highest BCUT2D eigenvalue weighted by atomic mass is 16.1. The highest BCUT2D eigenvalue weighted by molar-refractivity contribution is 5.83. The van der Waals surface area contributed by atoms with Crippen LogP contribution in [0.1, 0.15) is 32.6 Å². The number of ketones is 1. The Bertz CT molecular complexity index is 147. The molecule has 1 saturated carbocycles. The SMILES string of the molecule is C/C=C\[C@@H]1CCCCC1=O. The Morgan fingerprint density at radius 2 is 2.30 bits per heavy atom. The first-order valence-electron chi connectivity index (χ1n) is 4.00. The fourth-order valence-electron chi connectivity index (χ4n) is 1.45. The molecule has 56 valence electrons. The molecular weight excluding hydrogens is 124 g/mol. The first-order chi connectivity index (χ1) is 4.84. The summed E-state index contributed by atoms with van der Waals surface area (Å²) in [6, 6.07) is 0. The molecule has 0 radical (unpaired) electrons. The van der Waals surface area contributed by atoms with Crippen LogP contribution in [0, 0.1) is 5.92 Å². The lowest BCUT2D eigenvalue weighted by Gasteiger charge is -2.16. The molecule has 1 aliphatic rings. The van der Waals surface area contributed by atoms with Gasteiger partial charge < -0.3 is 0 Å². The van der Waals surface area contributed by atoms with E-state index < -0.39 is 0 Å². The normalized spacial score (nSPS) is 27.7. The lowest BCUT2D eigenvalue weighted by atomic mass is 9.88. The quantitative estimate of drug-likeness (QED) is 0.508. The molecule has 0 unspecified atom stereocenters. The van der Waals surface area contributed by atoms with Gasteiger partial charge in [-0.3, -0.25) is 4.79 Å². The summed E-state index contributed by atoms with van der Waals surface area (Å²) in [6.45, 7) is 1.97. The van der Waals surface area contributed by atoms with Crippen LogP contribution >= 0.6 is 0 Å². The van der Waals surface area contributed by atoms with Crippen molar-refractivity contribution in [2.75, 3.05) is 0 Å². The van der Waals surface area contributed by atoms with E-state index in [4.69, 9.17) is 0 Å². The lowest BCUT2D eigenvalue weighted by Crippen LogP contribution is -2.16. The van der Waals surface area contributed by atoms with E-state index in [9.17, 15) is 4.79 Å².